The second kappa shape index (κ2) is 16.9. The molecule has 0 amide bonds. The summed E-state index contributed by atoms with van der Waals surface area (Å²) in [6, 6.07) is 0. The molecule has 1 heterocycles. The van der Waals surface area contributed by atoms with Crippen LogP contribution in [0.3, 0.4) is 0 Å². The lowest BCUT2D eigenvalue weighted by atomic mass is 9.75. The molecule has 0 spiro atoms. The molecule has 1 fully saturated rings. The molecule has 0 N–H and O–H groups in total. The summed E-state index contributed by atoms with van der Waals surface area (Å²) < 4.78 is 5.85. The van der Waals surface area contributed by atoms with E-state index in [1.165, 1.54) is 88.5 Å². The van der Waals surface area contributed by atoms with Crippen LogP contribution >= 0.6 is 0 Å². The number of esters is 1. The van der Waals surface area contributed by atoms with E-state index in [4.69, 9.17) is 4.74 Å². The lowest BCUT2D eigenvalue weighted by Crippen LogP contribution is -2.62. The van der Waals surface area contributed by atoms with E-state index in [0.717, 1.165) is 25.7 Å². The number of piperidine rings is 1. The van der Waals surface area contributed by atoms with E-state index in [-0.39, 0.29) is 12.1 Å². The van der Waals surface area contributed by atoms with Crippen molar-refractivity contribution >= 4 is 5.97 Å². The molecule has 195 valence electrons. The molecule has 1 rings (SSSR count). The van der Waals surface area contributed by atoms with Gasteiger partial charge in [0, 0.05) is 24.8 Å². The topological polar surface area (TPSA) is 49.4 Å². The highest BCUT2D eigenvalue weighted by atomic mass is 16.5. The van der Waals surface area contributed by atoms with Gasteiger partial charge in [-0.1, -0.05) is 111 Å². The van der Waals surface area contributed by atoms with Crippen LogP contribution in [-0.2, 0) is 14.7 Å². The van der Waals surface area contributed by atoms with Gasteiger partial charge < -0.3 is 4.74 Å². The second-order valence-corrected chi connectivity index (χ2v) is 11.3. The van der Waals surface area contributed by atoms with E-state index in [1.54, 1.807) is 0 Å². The van der Waals surface area contributed by atoms with Crippen LogP contribution in [0.25, 0.3) is 0 Å². The van der Waals surface area contributed by atoms with Crippen LogP contribution in [0.4, 0.5) is 0 Å². The molecule has 0 aromatic heterocycles. The molecule has 0 aromatic carbocycles. The molecule has 0 saturated carbocycles. The number of carbonyl (C=O) groups excluding carboxylic acids is 1. The van der Waals surface area contributed by atoms with Crippen molar-refractivity contribution in [2.75, 3.05) is 0 Å². The van der Waals surface area contributed by atoms with Gasteiger partial charge in [-0.2, -0.15) is 0 Å². The summed E-state index contributed by atoms with van der Waals surface area (Å²) in [6.45, 7) is 10.4. The smallest absolute Gasteiger partial charge is 0.306 e. The van der Waals surface area contributed by atoms with Gasteiger partial charge in [0.25, 0.3) is 0 Å². The molecule has 0 aromatic rings. The third-order valence-corrected chi connectivity index (χ3v) is 7.91. The van der Waals surface area contributed by atoms with Crippen LogP contribution in [0.2, 0.25) is 0 Å². The van der Waals surface area contributed by atoms with Crippen LogP contribution < -0.4 is 0 Å². The van der Waals surface area contributed by atoms with E-state index in [1.807, 2.05) is 13.8 Å². The van der Waals surface area contributed by atoms with Gasteiger partial charge in [-0.25, -0.2) is 0 Å². The predicted molar refractivity (Wildman–Crippen MR) is 139 cm³/mol. The minimum Gasteiger partial charge on any atom is -0.462 e. The molecule has 1 radical (unpaired) electrons. The fourth-order valence-corrected chi connectivity index (χ4v) is 5.66. The second-order valence-electron chi connectivity index (χ2n) is 11.3. The van der Waals surface area contributed by atoms with Crippen LogP contribution in [0.1, 0.15) is 163 Å². The summed E-state index contributed by atoms with van der Waals surface area (Å²) >= 11 is 0. The number of ether oxygens (including phenoxy) is 1. The Morgan fingerprint density at radius 1 is 0.727 bits per heavy atom. The number of unbranched alkanes of at least 4 members (excludes halogenated alkanes) is 14. The van der Waals surface area contributed by atoms with Gasteiger partial charge >= 0.3 is 5.97 Å². The summed E-state index contributed by atoms with van der Waals surface area (Å²) in [5.41, 5.74) is -0.884. The SMILES string of the molecule is CCCCCCCCCCCCCCCCCC(=O)OC1CC(C)(C)N([O])C(CC)(CC)C1. The third-order valence-electron chi connectivity index (χ3n) is 7.91. The van der Waals surface area contributed by atoms with Gasteiger partial charge in [0.1, 0.15) is 6.10 Å². The average Bonchev–Trinajstić information content (AvgIpc) is 2.78. The van der Waals surface area contributed by atoms with Crippen molar-refractivity contribution in [3.63, 3.8) is 0 Å². The van der Waals surface area contributed by atoms with Crippen molar-refractivity contribution in [1.29, 1.82) is 0 Å². The van der Waals surface area contributed by atoms with Gasteiger partial charge in [0.2, 0.25) is 0 Å². The highest BCUT2D eigenvalue weighted by Gasteiger charge is 2.50. The van der Waals surface area contributed by atoms with Crippen LogP contribution in [0, 0.1) is 0 Å². The molecule has 1 saturated heterocycles. The molecule has 0 bridgehead atoms. The third kappa shape index (κ3) is 11.6. The van der Waals surface area contributed by atoms with Crippen molar-refractivity contribution < 1.29 is 14.7 Å². The molecular formula is C29H56NO3. The van der Waals surface area contributed by atoms with Crippen molar-refractivity contribution in [3.05, 3.63) is 0 Å². The van der Waals surface area contributed by atoms with Crippen molar-refractivity contribution in [3.8, 4) is 0 Å². The lowest BCUT2D eigenvalue weighted by Gasteiger charge is -2.52. The number of nitrogens with zero attached hydrogens (tertiary/aromatic N) is 1. The minimum absolute atomic E-state index is 0.0778. The molecule has 33 heavy (non-hydrogen) atoms. The highest BCUT2D eigenvalue weighted by Crippen LogP contribution is 2.42. The van der Waals surface area contributed by atoms with Gasteiger partial charge in [-0.15, -0.1) is 10.3 Å². The number of hydrogen-bond acceptors (Lipinski definition) is 3. The Morgan fingerprint density at radius 3 is 1.58 bits per heavy atom. The summed E-state index contributed by atoms with van der Waals surface area (Å²) in [4.78, 5) is 12.4. The first-order chi connectivity index (χ1) is 15.8. The normalized spacial score (nSPS) is 20.1. The zero-order chi connectivity index (χ0) is 24.6. The Labute approximate surface area is 206 Å². The lowest BCUT2D eigenvalue weighted by molar-refractivity contribution is -0.310. The monoisotopic (exact) mass is 466 g/mol. The maximum absolute atomic E-state index is 12.9. The van der Waals surface area contributed by atoms with E-state index in [9.17, 15) is 10.0 Å². The Bertz CT molecular complexity index is 501. The number of hydroxylamine groups is 2. The summed E-state index contributed by atoms with van der Waals surface area (Å²) in [6.07, 6.45) is 23.2. The molecule has 0 aliphatic carbocycles. The molecule has 1 aliphatic heterocycles. The predicted octanol–water partition coefficient (Wildman–Crippen LogP) is 8.94. The molecular weight excluding hydrogens is 410 g/mol. The van der Waals surface area contributed by atoms with E-state index < -0.39 is 11.1 Å². The fourth-order valence-electron chi connectivity index (χ4n) is 5.66. The molecule has 1 aliphatic rings. The highest BCUT2D eigenvalue weighted by molar-refractivity contribution is 5.69. The fraction of sp³-hybridized carbons (Fsp3) is 0.966. The largest absolute Gasteiger partial charge is 0.462 e. The first-order valence-corrected chi connectivity index (χ1v) is 14.5. The zero-order valence-corrected chi connectivity index (χ0v) is 22.9. The van der Waals surface area contributed by atoms with E-state index in [0.29, 0.717) is 19.3 Å². The summed E-state index contributed by atoms with van der Waals surface area (Å²) in [5, 5.41) is 14.2. The first kappa shape index (κ1) is 30.4. The van der Waals surface area contributed by atoms with Crippen LogP contribution in [0.5, 0.6) is 0 Å². The Hall–Kier alpha value is -0.610. The molecule has 1 unspecified atom stereocenters. The van der Waals surface area contributed by atoms with E-state index >= 15 is 0 Å². The number of hydrogen-bond donors (Lipinski definition) is 0. The van der Waals surface area contributed by atoms with Gasteiger partial charge in [0.15, 0.2) is 0 Å². The Morgan fingerprint density at radius 2 is 1.15 bits per heavy atom. The number of rotatable bonds is 19. The average molecular weight is 467 g/mol. The zero-order valence-electron chi connectivity index (χ0n) is 22.9. The van der Waals surface area contributed by atoms with Crippen LogP contribution in [0.15, 0.2) is 0 Å². The van der Waals surface area contributed by atoms with E-state index in [2.05, 4.69) is 20.8 Å². The maximum atomic E-state index is 12.9. The van der Waals surface area contributed by atoms with Crippen molar-refractivity contribution in [2.24, 2.45) is 0 Å². The Kier molecular flexibility index (Phi) is 15.6. The standard InChI is InChI=1S/C29H56NO3/c1-6-9-10-11-12-13-14-15-16-17-18-19-20-21-22-23-27(31)33-26-24-28(4,5)30(32)29(7-2,8-3)25-26/h26H,6-25H2,1-5H3. The maximum Gasteiger partial charge on any atom is 0.306 e. The number of carbonyl (C=O) groups is 1. The van der Waals surface area contributed by atoms with Crippen LogP contribution in [-0.4, -0.2) is 28.2 Å². The van der Waals surface area contributed by atoms with Crippen molar-refractivity contribution in [2.45, 2.75) is 180 Å². The minimum atomic E-state index is -0.482. The van der Waals surface area contributed by atoms with Gasteiger partial charge in [-0.05, 0) is 33.1 Å². The summed E-state index contributed by atoms with van der Waals surface area (Å²) in [7, 11) is 0. The molecule has 4 heteroatoms. The van der Waals surface area contributed by atoms with Gasteiger partial charge in [0.05, 0.1) is 5.54 Å². The molecule has 4 nitrogen and oxygen atoms in total. The quantitative estimate of drug-likeness (QED) is 0.141. The molecule has 1 atom stereocenters. The summed E-state index contributed by atoms with van der Waals surface area (Å²) in [5.74, 6) is -0.0778. The van der Waals surface area contributed by atoms with Crippen molar-refractivity contribution in [1.82, 2.24) is 5.06 Å². The first-order valence-electron chi connectivity index (χ1n) is 14.5. The Balaban J connectivity index is 2.05. The van der Waals surface area contributed by atoms with Gasteiger partial charge in [-0.3, -0.25) is 4.79 Å².